The Hall–Kier alpha value is -2.24. The molecule has 0 spiro atoms. The van der Waals surface area contributed by atoms with E-state index in [0.717, 1.165) is 0 Å². The molecule has 18 heavy (non-hydrogen) atoms. The number of halogens is 3. The van der Waals surface area contributed by atoms with Gasteiger partial charge in [0.05, 0.1) is 6.26 Å². The highest BCUT2D eigenvalue weighted by Crippen LogP contribution is 2.23. The first-order chi connectivity index (χ1) is 8.47. The van der Waals surface area contributed by atoms with Crippen molar-refractivity contribution in [3.05, 3.63) is 42.7 Å². The standard InChI is InChI=1S/C12H8F3NO2/c13-12(14,15)11(17)16-9-5-3-8(4-6-9)10-2-1-7-18-10/h1-7H,(H,16,17). The molecule has 0 saturated heterocycles. The Morgan fingerprint density at radius 2 is 1.78 bits per heavy atom. The van der Waals surface area contributed by atoms with Gasteiger partial charge in [-0.2, -0.15) is 13.2 Å². The number of nitrogens with one attached hydrogen (secondary N) is 1. The summed E-state index contributed by atoms with van der Waals surface area (Å²) in [6.07, 6.45) is -3.39. The third-order valence-electron chi connectivity index (χ3n) is 2.21. The summed E-state index contributed by atoms with van der Waals surface area (Å²) in [5.74, 6) is -1.39. The number of alkyl halides is 3. The van der Waals surface area contributed by atoms with Crippen molar-refractivity contribution < 1.29 is 22.4 Å². The van der Waals surface area contributed by atoms with Crippen molar-refractivity contribution in [2.45, 2.75) is 6.18 Å². The van der Waals surface area contributed by atoms with Crippen molar-refractivity contribution in [3.63, 3.8) is 0 Å². The molecular weight excluding hydrogens is 247 g/mol. The largest absolute Gasteiger partial charge is 0.471 e. The number of anilines is 1. The molecule has 1 amide bonds. The van der Waals surface area contributed by atoms with Gasteiger partial charge in [0, 0.05) is 11.3 Å². The number of benzene rings is 1. The molecular formula is C12H8F3NO2. The zero-order chi connectivity index (χ0) is 13.2. The number of carbonyl (C=O) groups excluding carboxylic acids is 1. The minimum atomic E-state index is -4.89. The Bertz CT molecular complexity index is 529. The van der Waals surface area contributed by atoms with Crippen molar-refractivity contribution in [2.24, 2.45) is 0 Å². The molecule has 1 aromatic carbocycles. The first-order valence-electron chi connectivity index (χ1n) is 4.99. The number of rotatable bonds is 2. The smallest absolute Gasteiger partial charge is 0.464 e. The molecule has 1 N–H and O–H groups in total. The topological polar surface area (TPSA) is 42.2 Å². The predicted molar refractivity (Wildman–Crippen MR) is 58.8 cm³/mol. The first-order valence-corrected chi connectivity index (χ1v) is 4.99. The molecule has 0 aliphatic rings. The minimum absolute atomic E-state index is 0.0765. The maximum Gasteiger partial charge on any atom is 0.471 e. The molecule has 3 nitrogen and oxygen atoms in total. The summed E-state index contributed by atoms with van der Waals surface area (Å²) < 4.78 is 41.2. The fraction of sp³-hybridized carbons (Fsp3) is 0.0833. The van der Waals surface area contributed by atoms with Gasteiger partial charge in [-0.1, -0.05) is 0 Å². The molecule has 2 aromatic rings. The van der Waals surface area contributed by atoms with Gasteiger partial charge in [-0.15, -0.1) is 0 Å². The molecule has 0 saturated carbocycles. The average molecular weight is 255 g/mol. The Balaban J connectivity index is 2.12. The molecule has 2 rings (SSSR count). The van der Waals surface area contributed by atoms with Gasteiger partial charge in [-0.3, -0.25) is 4.79 Å². The van der Waals surface area contributed by atoms with E-state index >= 15 is 0 Å². The number of hydrogen-bond acceptors (Lipinski definition) is 2. The Labute approximate surface area is 100 Å². The van der Waals surface area contributed by atoms with E-state index in [1.54, 1.807) is 29.6 Å². The van der Waals surface area contributed by atoms with Crippen LogP contribution < -0.4 is 5.32 Å². The van der Waals surface area contributed by atoms with Crippen LogP contribution in [0.5, 0.6) is 0 Å². The number of amides is 1. The highest BCUT2D eigenvalue weighted by Gasteiger charge is 2.38. The summed E-state index contributed by atoms with van der Waals surface area (Å²) in [4.78, 5) is 10.7. The van der Waals surface area contributed by atoms with Crippen molar-refractivity contribution >= 4 is 11.6 Å². The van der Waals surface area contributed by atoms with Crippen LogP contribution in [0.15, 0.2) is 47.1 Å². The van der Waals surface area contributed by atoms with Gasteiger partial charge in [0.2, 0.25) is 0 Å². The summed E-state index contributed by atoms with van der Waals surface area (Å²) in [7, 11) is 0. The van der Waals surface area contributed by atoms with Crippen molar-refractivity contribution in [1.82, 2.24) is 0 Å². The molecule has 0 unspecified atom stereocenters. The van der Waals surface area contributed by atoms with Crippen molar-refractivity contribution in [2.75, 3.05) is 5.32 Å². The van der Waals surface area contributed by atoms with E-state index in [4.69, 9.17) is 4.42 Å². The molecule has 0 radical (unpaired) electrons. The van der Waals surface area contributed by atoms with Crippen LogP contribution in [0.4, 0.5) is 18.9 Å². The lowest BCUT2D eigenvalue weighted by Crippen LogP contribution is -2.29. The second kappa shape index (κ2) is 4.56. The van der Waals surface area contributed by atoms with Gasteiger partial charge in [0.15, 0.2) is 0 Å². The third kappa shape index (κ3) is 2.71. The van der Waals surface area contributed by atoms with Gasteiger partial charge in [-0.25, -0.2) is 0 Å². The van der Waals surface area contributed by atoms with Crippen LogP contribution in [-0.2, 0) is 4.79 Å². The van der Waals surface area contributed by atoms with E-state index in [9.17, 15) is 18.0 Å². The van der Waals surface area contributed by atoms with Crippen molar-refractivity contribution in [3.8, 4) is 11.3 Å². The van der Waals surface area contributed by atoms with Gasteiger partial charge in [-0.05, 0) is 36.4 Å². The maximum atomic E-state index is 12.0. The SMILES string of the molecule is O=C(Nc1ccc(-c2ccco2)cc1)C(F)(F)F. The van der Waals surface area contributed by atoms with Gasteiger partial charge >= 0.3 is 12.1 Å². The number of furan rings is 1. The molecule has 6 heteroatoms. The fourth-order valence-corrected chi connectivity index (χ4v) is 1.36. The van der Waals surface area contributed by atoms with Crippen LogP contribution in [0.25, 0.3) is 11.3 Å². The lowest BCUT2D eigenvalue weighted by molar-refractivity contribution is -0.167. The minimum Gasteiger partial charge on any atom is -0.464 e. The van der Waals surface area contributed by atoms with E-state index < -0.39 is 12.1 Å². The van der Waals surface area contributed by atoms with Gasteiger partial charge in [0.25, 0.3) is 0 Å². The van der Waals surface area contributed by atoms with E-state index in [-0.39, 0.29) is 5.69 Å². The van der Waals surface area contributed by atoms with Crippen LogP contribution in [-0.4, -0.2) is 12.1 Å². The molecule has 0 fully saturated rings. The van der Waals surface area contributed by atoms with Gasteiger partial charge < -0.3 is 9.73 Å². The molecule has 0 aliphatic carbocycles. The maximum absolute atomic E-state index is 12.0. The second-order valence-corrected chi connectivity index (χ2v) is 3.51. The lowest BCUT2D eigenvalue weighted by Gasteiger charge is -2.08. The summed E-state index contributed by atoms with van der Waals surface area (Å²) >= 11 is 0. The van der Waals surface area contributed by atoms with Crippen LogP contribution in [0, 0.1) is 0 Å². The first kappa shape index (κ1) is 12.2. The molecule has 0 bridgehead atoms. The van der Waals surface area contributed by atoms with E-state index in [0.29, 0.717) is 11.3 Å². The molecule has 1 heterocycles. The van der Waals surface area contributed by atoms with Crippen LogP contribution in [0.2, 0.25) is 0 Å². The summed E-state index contributed by atoms with van der Waals surface area (Å²) in [5, 5.41) is 1.76. The number of carbonyl (C=O) groups is 1. The molecule has 94 valence electrons. The fourth-order valence-electron chi connectivity index (χ4n) is 1.36. The van der Waals surface area contributed by atoms with E-state index in [1.807, 2.05) is 0 Å². The van der Waals surface area contributed by atoms with E-state index in [2.05, 4.69) is 0 Å². The predicted octanol–water partition coefficient (Wildman–Crippen LogP) is 3.45. The number of hydrogen-bond donors (Lipinski definition) is 1. The Morgan fingerprint density at radius 3 is 2.28 bits per heavy atom. The lowest BCUT2D eigenvalue weighted by atomic mass is 10.1. The Morgan fingerprint density at radius 1 is 1.11 bits per heavy atom. The van der Waals surface area contributed by atoms with Crippen molar-refractivity contribution in [1.29, 1.82) is 0 Å². The zero-order valence-corrected chi connectivity index (χ0v) is 8.99. The Kier molecular flexibility index (Phi) is 3.10. The quantitative estimate of drug-likeness (QED) is 0.893. The highest BCUT2D eigenvalue weighted by atomic mass is 19.4. The monoisotopic (exact) mass is 255 g/mol. The average Bonchev–Trinajstić information content (AvgIpc) is 2.82. The summed E-state index contributed by atoms with van der Waals surface area (Å²) in [5.41, 5.74) is 0.789. The molecule has 0 aliphatic heterocycles. The van der Waals surface area contributed by atoms with Crippen LogP contribution in [0.1, 0.15) is 0 Å². The molecule has 1 aromatic heterocycles. The summed E-state index contributed by atoms with van der Waals surface area (Å²) in [6.45, 7) is 0. The van der Waals surface area contributed by atoms with E-state index in [1.165, 1.54) is 18.4 Å². The zero-order valence-electron chi connectivity index (χ0n) is 8.99. The highest BCUT2D eigenvalue weighted by molar-refractivity contribution is 5.95. The van der Waals surface area contributed by atoms with Crippen LogP contribution in [0.3, 0.4) is 0 Å². The molecule has 0 atom stereocenters. The second-order valence-electron chi connectivity index (χ2n) is 3.51. The van der Waals surface area contributed by atoms with Gasteiger partial charge in [0.1, 0.15) is 5.76 Å². The summed E-state index contributed by atoms with van der Waals surface area (Å²) in [6, 6.07) is 9.30. The third-order valence-corrected chi connectivity index (χ3v) is 2.21. The normalized spacial score (nSPS) is 11.3. The van der Waals surface area contributed by atoms with Crippen LogP contribution >= 0.6 is 0 Å².